The maximum Gasteiger partial charge on any atom is 0.315 e. The lowest BCUT2D eigenvalue weighted by atomic mass is 10.0. The average molecular weight is 272 g/mol. The summed E-state index contributed by atoms with van der Waals surface area (Å²) in [6.07, 6.45) is 3.86. The lowest BCUT2D eigenvalue weighted by Gasteiger charge is -2.21. The zero-order valence-electron chi connectivity index (χ0n) is 11.6. The van der Waals surface area contributed by atoms with Crippen LogP contribution >= 0.6 is 0 Å². The molecule has 1 aliphatic rings. The topological polar surface area (TPSA) is 87.7 Å². The van der Waals surface area contributed by atoms with Crippen LogP contribution in [0.15, 0.2) is 0 Å². The van der Waals surface area contributed by atoms with Gasteiger partial charge in [-0.1, -0.05) is 13.3 Å². The highest BCUT2D eigenvalue weighted by Gasteiger charge is 2.28. The van der Waals surface area contributed by atoms with E-state index in [0.717, 1.165) is 25.7 Å². The molecular weight excluding hydrogens is 248 g/mol. The fourth-order valence-corrected chi connectivity index (χ4v) is 2.44. The van der Waals surface area contributed by atoms with E-state index in [1.165, 1.54) is 0 Å². The Morgan fingerprint density at radius 1 is 1.42 bits per heavy atom. The first-order valence-corrected chi connectivity index (χ1v) is 6.85. The largest absolute Gasteiger partial charge is 0.481 e. The Labute approximate surface area is 113 Å². The SMILES string of the molecule is CCC(CNC(=O)NC1CCCC1OC)CC(=O)O. The van der Waals surface area contributed by atoms with Gasteiger partial charge >= 0.3 is 12.0 Å². The summed E-state index contributed by atoms with van der Waals surface area (Å²) in [5, 5.41) is 14.4. The molecule has 110 valence electrons. The molecule has 1 saturated carbocycles. The number of urea groups is 1. The molecule has 6 heteroatoms. The summed E-state index contributed by atoms with van der Waals surface area (Å²) in [5.74, 6) is -0.852. The van der Waals surface area contributed by atoms with E-state index in [0.29, 0.717) is 6.54 Å². The van der Waals surface area contributed by atoms with E-state index in [9.17, 15) is 9.59 Å². The maximum absolute atomic E-state index is 11.7. The molecule has 0 radical (unpaired) electrons. The number of nitrogens with one attached hydrogen (secondary N) is 2. The summed E-state index contributed by atoms with van der Waals surface area (Å²) < 4.78 is 5.30. The first kappa shape index (κ1) is 15.8. The van der Waals surface area contributed by atoms with E-state index in [1.807, 2.05) is 6.92 Å². The molecule has 0 saturated heterocycles. The molecular formula is C13H24N2O4. The third-order valence-corrected chi connectivity index (χ3v) is 3.66. The molecule has 1 rings (SSSR count). The number of hydrogen-bond acceptors (Lipinski definition) is 3. The Hall–Kier alpha value is -1.30. The molecule has 19 heavy (non-hydrogen) atoms. The summed E-state index contributed by atoms with van der Waals surface area (Å²) in [7, 11) is 1.66. The third kappa shape index (κ3) is 5.46. The minimum absolute atomic E-state index is 0.0231. The quantitative estimate of drug-likeness (QED) is 0.653. The lowest BCUT2D eigenvalue weighted by molar-refractivity contribution is -0.138. The van der Waals surface area contributed by atoms with Crippen molar-refractivity contribution in [3.8, 4) is 0 Å². The van der Waals surface area contributed by atoms with Crippen LogP contribution in [0.4, 0.5) is 4.79 Å². The summed E-state index contributed by atoms with van der Waals surface area (Å²) >= 11 is 0. The van der Waals surface area contributed by atoms with Gasteiger partial charge in [-0.15, -0.1) is 0 Å². The Bertz CT molecular complexity index is 309. The second-order valence-corrected chi connectivity index (χ2v) is 5.04. The Balaban J connectivity index is 2.28. The number of carbonyl (C=O) groups excluding carboxylic acids is 1. The molecule has 1 fully saturated rings. The molecule has 2 amide bonds. The number of amides is 2. The van der Waals surface area contributed by atoms with Gasteiger partial charge in [0.05, 0.1) is 12.1 Å². The zero-order valence-corrected chi connectivity index (χ0v) is 11.6. The van der Waals surface area contributed by atoms with Crippen LogP contribution in [-0.4, -0.2) is 42.9 Å². The molecule has 1 aliphatic carbocycles. The third-order valence-electron chi connectivity index (χ3n) is 3.66. The van der Waals surface area contributed by atoms with Crippen molar-refractivity contribution >= 4 is 12.0 Å². The van der Waals surface area contributed by atoms with Crippen LogP contribution in [-0.2, 0) is 9.53 Å². The normalized spacial score (nSPS) is 23.9. The first-order chi connectivity index (χ1) is 9.06. The van der Waals surface area contributed by atoms with Crippen LogP contribution in [0.1, 0.15) is 39.0 Å². The molecule has 0 spiro atoms. The highest BCUT2D eigenvalue weighted by molar-refractivity contribution is 5.74. The number of aliphatic carboxylic acids is 1. The van der Waals surface area contributed by atoms with Crippen LogP contribution < -0.4 is 10.6 Å². The molecule has 6 nitrogen and oxygen atoms in total. The van der Waals surface area contributed by atoms with E-state index in [4.69, 9.17) is 9.84 Å². The fraction of sp³-hybridized carbons (Fsp3) is 0.846. The number of hydrogen-bond donors (Lipinski definition) is 3. The molecule has 0 aromatic heterocycles. The van der Waals surface area contributed by atoms with Crippen molar-refractivity contribution in [1.29, 1.82) is 0 Å². The summed E-state index contributed by atoms with van der Waals surface area (Å²) in [5.41, 5.74) is 0. The van der Waals surface area contributed by atoms with Crippen LogP contribution in [0, 0.1) is 5.92 Å². The van der Waals surface area contributed by atoms with E-state index in [1.54, 1.807) is 7.11 Å². The van der Waals surface area contributed by atoms with Gasteiger partial charge < -0.3 is 20.5 Å². The molecule has 0 bridgehead atoms. The van der Waals surface area contributed by atoms with E-state index in [-0.39, 0.29) is 30.5 Å². The van der Waals surface area contributed by atoms with Gasteiger partial charge in [0.2, 0.25) is 0 Å². The number of carboxylic acids is 1. The molecule has 3 atom stereocenters. The second-order valence-electron chi connectivity index (χ2n) is 5.04. The van der Waals surface area contributed by atoms with Gasteiger partial charge in [-0.05, 0) is 25.2 Å². The van der Waals surface area contributed by atoms with E-state index < -0.39 is 5.97 Å². The fourth-order valence-electron chi connectivity index (χ4n) is 2.44. The zero-order chi connectivity index (χ0) is 14.3. The van der Waals surface area contributed by atoms with Gasteiger partial charge in [-0.3, -0.25) is 4.79 Å². The van der Waals surface area contributed by atoms with Gasteiger partial charge in [-0.25, -0.2) is 4.79 Å². The van der Waals surface area contributed by atoms with Gasteiger partial charge in [0.1, 0.15) is 0 Å². The minimum Gasteiger partial charge on any atom is -0.481 e. The van der Waals surface area contributed by atoms with Crippen LogP contribution in [0.25, 0.3) is 0 Å². The van der Waals surface area contributed by atoms with E-state index in [2.05, 4.69) is 10.6 Å². The molecule has 3 N–H and O–H groups in total. The monoisotopic (exact) mass is 272 g/mol. The maximum atomic E-state index is 11.7. The van der Waals surface area contributed by atoms with Gasteiger partial charge in [0.25, 0.3) is 0 Å². The standard InChI is InChI=1S/C13H24N2O4/c1-3-9(7-12(16)17)8-14-13(18)15-10-5-4-6-11(10)19-2/h9-11H,3-8H2,1-2H3,(H,16,17)(H2,14,15,18). The Kier molecular flexibility index (Phi) is 6.62. The smallest absolute Gasteiger partial charge is 0.315 e. The molecule has 0 heterocycles. The minimum atomic E-state index is -0.829. The van der Waals surface area contributed by atoms with Crippen molar-refractivity contribution in [1.82, 2.24) is 10.6 Å². The van der Waals surface area contributed by atoms with Crippen LogP contribution in [0.5, 0.6) is 0 Å². The van der Waals surface area contributed by atoms with E-state index >= 15 is 0 Å². The van der Waals surface area contributed by atoms with Crippen molar-refractivity contribution in [2.45, 2.75) is 51.2 Å². The highest BCUT2D eigenvalue weighted by atomic mass is 16.5. The highest BCUT2D eigenvalue weighted by Crippen LogP contribution is 2.21. The predicted molar refractivity (Wildman–Crippen MR) is 71.0 cm³/mol. The second kappa shape index (κ2) is 7.99. The van der Waals surface area contributed by atoms with Gasteiger partial charge in [-0.2, -0.15) is 0 Å². The molecule has 0 aliphatic heterocycles. The number of methoxy groups -OCH3 is 1. The number of carboxylic acid groups (broad SMARTS) is 1. The molecule has 0 aromatic rings. The Morgan fingerprint density at radius 3 is 2.74 bits per heavy atom. The summed E-state index contributed by atoms with van der Waals surface area (Å²) in [6.45, 7) is 2.31. The molecule has 3 unspecified atom stereocenters. The number of carbonyl (C=O) groups is 2. The van der Waals surface area contributed by atoms with Crippen molar-refractivity contribution in [3.05, 3.63) is 0 Å². The van der Waals surface area contributed by atoms with Crippen molar-refractivity contribution in [2.24, 2.45) is 5.92 Å². The van der Waals surface area contributed by atoms with Crippen molar-refractivity contribution in [2.75, 3.05) is 13.7 Å². The number of rotatable bonds is 7. The lowest BCUT2D eigenvalue weighted by Crippen LogP contribution is -2.47. The predicted octanol–water partition coefficient (Wildman–Crippen LogP) is 1.35. The van der Waals surface area contributed by atoms with Crippen molar-refractivity contribution in [3.63, 3.8) is 0 Å². The van der Waals surface area contributed by atoms with Crippen LogP contribution in [0.2, 0.25) is 0 Å². The molecule has 0 aromatic carbocycles. The summed E-state index contributed by atoms with van der Waals surface area (Å²) in [6, 6.07) is -0.178. The average Bonchev–Trinajstić information content (AvgIpc) is 2.81. The Morgan fingerprint density at radius 2 is 2.16 bits per heavy atom. The number of ether oxygens (including phenoxy) is 1. The van der Waals surface area contributed by atoms with Crippen LogP contribution in [0.3, 0.4) is 0 Å². The first-order valence-electron chi connectivity index (χ1n) is 6.85. The van der Waals surface area contributed by atoms with Crippen molar-refractivity contribution < 1.29 is 19.4 Å². The van der Waals surface area contributed by atoms with Gasteiger partial charge in [0, 0.05) is 20.1 Å². The van der Waals surface area contributed by atoms with Gasteiger partial charge in [0.15, 0.2) is 0 Å². The summed E-state index contributed by atoms with van der Waals surface area (Å²) in [4.78, 5) is 22.4.